The maximum Gasteiger partial charge on any atom is 0.276 e. The molecule has 1 aliphatic carbocycles. The predicted molar refractivity (Wildman–Crippen MR) is 77.9 cm³/mol. The molecule has 0 radical (unpaired) electrons. The van der Waals surface area contributed by atoms with Crippen LogP contribution in [0.15, 0.2) is 18.2 Å². The summed E-state index contributed by atoms with van der Waals surface area (Å²) in [6, 6.07) is 5.11. The van der Waals surface area contributed by atoms with E-state index in [1.54, 1.807) is 19.1 Å². The first kappa shape index (κ1) is 14.8. The lowest BCUT2D eigenvalue weighted by atomic mass is 9.59. The minimum atomic E-state index is -0.373. The summed E-state index contributed by atoms with van der Waals surface area (Å²) in [5.41, 5.74) is 6.83. The molecule has 1 aromatic rings. The van der Waals surface area contributed by atoms with E-state index >= 15 is 0 Å². The quantitative estimate of drug-likeness (QED) is 0.662. The van der Waals surface area contributed by atoms with Crippen molar-refractivity contribution in [3.63, 3.8) is 0 Å². The first-order valence-corrected chi connectivity index (χ1v) is 7.12. The molecule has 0 aromatic heterocycles. The fourth-order valence-electron chi connectivity index (χ4n) is 3.26. The van der Waals surface area contributed by atoms with Crippen molar-refractivity contribution in [3.8, 4) is 5.75 Å². The second kappa shape index (κ2) is 5.40. The number of hydrogen-bond acceptors (Lipinski definition) is 4. The summed E-state index contributed by atoms with van der Waals surface area (Å²) in [6.07, 6.45) is 2.78. The van der Waals surface area contributed by atoms with Crippen molar-refractivity contribution >= 4 is 5.69 Å². The molecule has 2 atom stereocenters. The van der Waals surface area contributed by atoms with Gasteiger partial charge in [0, 0.05) is 23.9 Å². The highest BCUT2D eigenvalue weighted by Crippen LogP contribution is 2.48. The molecule has 20 heavy (non-hydrogen) atoms. The van der Waals surface area contributed by atoms with E-state index in [9.17, 15) is 10.1 Å². The van der Waals surface area contributed by atoms with Gasteiger partial charge in [-0.15, -0.1) is 0 Å². The van der Waals surface area contributed by atoms with Gasteiger partial charge in [-0.25, -0.2) is 0 Å². The number of nitrogens with two attached hydrogens (primary N) is 1. The van der Waals surface area contributed by atoms with Crippen LogP contribution < -0.4 is 10.5 Å². The van der Waals surface area contributed by atoms with Crippen LogP contribution in [0.25, 0.3) is 0 Å². The molecule has 110 valence electrons. The van der Waals surface area contributed by atoms with E-state index < -0.39 is 0 Å². The third-order valence-electron chi connectivity index (χ3n) is 4.89. The minimum Gasteiger partial charge on any atom is -0.489 e. The van der Waals surface area contributed by atoms with Crippen molar-refractivity contribution in [1.29, 1.82) is 0 Å². The molecular weight excluding hydrogens is 256 g/mol. The zero-order valence-corrected chi connectivity index (χ0v) is 12.3. The van der Waals surface area contributed by atoms with Crippen molar-refractivity contribution < 1.29 is 9.66 Å². The number of nitro groups is 1. The Morgan fingerprint density at radius 3 is 2.60 bits per heavy atom. The molecule has 0 saturated heterocycles. The second-order valence-corrected chi connectivity index (χ2v) is 5.55. The van der Waals surface area contributed by atoms with E-state index in [2.05, 4.69) is 13.8 Å². The number of rotatable bonds is 5. The molecule has 5 heteroatoms. The maximum atomic E-state index is 11.0. The average Bonchev–Trinajstić information content (AvgIpc) is 2.41. The van der Waals surface area contributed by atoms with Crippen LogP contribution >= 0.6 is 0 Å². The molecule has 0 spiro atoms. The van der Waals surface area contributed by atoms with Gasteiger partial charge in [-0.3, -0.25) is 10.1 Å². The summed E-state index contributed by atoms with van der Waals surface area (Å²) in [5, 5.41) is 11.0. The second-order valence-electron chi connectivity index (χ2n) is 5.55. The molecule has 1 aromatic carbocycles. The molecule has 2 unspecified atom stereocenters. The van der Waals surface area contributed by atoms with Crippen LogP contribution in [0.5, 0.6) is 5.75 Å². The zero-order chi connectivity index (χ0) is 14.9. The Balaban J connectivity index is 2.23. The average molecular weight is 278 g/mol. The van der Waals surface area contributed by atoms with Gasteiger partial charge in [-0.2, -0.15) is 0 Å². The molecule has 1 saturated carbocycles. The largest absolute Gasteiger partial charge is 0.489 e. The zero-order valence-electron chi connectivity index (χ0n) is 12.3. The van der Waals surface area contributed by atoms with Gasteiger partial charge in [0.05, 0.1) is 10.5 Å². The first-order chi connectivity index (χ1) is 9.46. The third kappa shape index (κ3) is 2.16. The van der Waals surface area contributed by atoms with Crippen molar-refractivity contribution in [3.05, 3.63) is 33.9 Å². The van der Waals surface area contributed by atoms with Crippen LogP contribution in [0, 0.1) is 22.5 Å². The van der Waals surface area contributed by atoms with E-state index in [1.165, 1.54) is 6.07 Å². The van der Waals surface area contributed by atoms with Crippen LogP contribution in [-0.4, -0.2) is 17.1 Å². The maximum absolute atomic E-state index is 11.0. The van der Waals surface area contributed by atoms with Crippen LogP contribution in [-0.2, 0) is 0 Å². The molecule has 0 aliphatic heterocycles. The summed E-state index contributed by atoms with van der Waals surface area (Å²) in [5.74, 6) is 0.599. The minimum absolute atomic E-state index is 0.00292. The van der Waals surface area contributed by atoms with Crippen molar-refractivity contribution in [2.45, 2.75) is 52.2 Å². The molecular formula is C15H22N2O3. The summed E-state index contributed by atoms with van der Waals surface area (Å²) in [7, 11) is 0. The van der Waals surface area contributed by atoms with Gasteiger partial charge < -0.3 is 10.5 Å². The fraction of sp³-hybridized carbons (Fsp3) is 0.600. The van der Waals surface area contributed by atoms with Crippen molar-refractivity contribution in [1.82, 2.24) is 0 Å². The fourth-order valence-corrected chi connectivity index (χ4v) is 3.26. The lowest BCUT2D eigenvalue weighted by molar-refractivity contribution is -0.385. The molecule has 1 fully saturated rings. The Labute approximate surface area is 119 Å². The van der Waals surface area contributed by atoms with E-state index in [4.69, 9.17) is 10.5 Å². The van der Waals surface area contributed by atoms with Crippen molar-refractivity contribution in [2.24, 2.45) is 11.1 Å². The number of hydrogen-bond donors (Lipinski definition) is 1. The van der Waals surface area contributed by atoms with Gasteiger partial charge in [0.25, 0.3) is 5.69 Å². The van der Waals surface area contributed by atoms with E-state index in [0.717, 1.165) is 19.3 Å². The predicted octanol–water partition coefficient (Wildman–Crippen LogP) is 3.19. The highest BCUT2D eigenvalue weighted by molar-refractivity contribution is 5.48. The Hall–Kier alpha value is -1.62. The number of nitro benzene ring substituents is 1. The molecule has 2 N–H and O–H groups in total. The Kier molecular flexibility index (Phi) is 3.99. The molecule has 1 aliphatic rings. The molecule has 0 heterocycles. The molecule has 0 amide bonds. The summed E-state index contributed by atoms with van der Waals surface area (Å²) in [4.78, 5) is 10.6. The van der Waals surface area contributed by atoms with Crippen LogP contribution in [0.1, 0.15) is 38.7 Å². The topological polar surface area (TPSA) is 78.4 Å². The monoisotopic (exact) mass is 278 g/mol. The van der Waals surface area contributed by atoms with E-state index in [-0.39, 0.29) is 28.2 Å². The molecule has 5 nitrogen and oxygen atoms in total. The highest BCUT2D eigenvalue weighted by atomic mass is 16.6. The summed E-state index contributed by atoms with van der Waals surface area (Å²) in [6.45, 7) is 5.98. The van der Waals surface area contributed by atoms with Gasteiger partial charge in [-0.1, -0.05) is 19.9 Å². The number of ether oxygens (including phenoxy) is 1. The van der Waals surface area contributed by atoms with Crippen LogP contribution in [0.2, 0.25) is 0 Å². The van der Waals surface area contributed by atoms with Crippen molar-refractivity contribution in [2.75, 3.05) is 0 Å². The first-order valence-electron chi connectivity index (χ1n) is 7.12. The Bertz CT molecular complexity index is 512. The highest BCUT2D eigenvalue weighted by Gasteiger charge is 2.52. The number of benzene rings is 1. The third-order valence-corrected chi connectivity index (χ3v) is 4.89. The molecule has 0 bridgehead atoms. The molecule has 2 rings (SSSR count). The van der Waals surface area contributed by atoms with Gasteiger partial charge in [0.15, 0.2) is 0 Å². The summed E-state index contributed by atoms with van der Waals surface area (Å²) >= 11 is 0. The van der Waals surface area contributed by atoms with E-state index in [0.29, 0.717) is 11.3 Å². The van der Waals surface area contributed by atoms with Gasteiger partial charge in [0.2, 0.25) is 0 Å². The summed E-state index contributed by atoms with van der Waals surface area (Å²) < 4.78 is 6.06. The normalized spacial score (nSPS) is 24.0. The van der Waals surface area contributed by atoms with Gasteiger partial charge in [0.1, 0.15) is 11.9 Å². The van der Waals surface area contributed by atoms with Gasteiger partial charge >= 0.3 is 0 Å². The SMILES string of the molecule is CCC1(CC)C(N)CC1Oc1cccc([N+](=O)[O-])c1C. The van der Waals surface area contributed by atoms with Crippen LogP contribution in [0.3, 0.4) is 0 Å². The van der Waals surface area contributed by atoms with E-state index in [1.807, 2.05) is 0 Å². The Morgan fingerprint density at radius 2 is 2.10 bits per heavy atom. The standard InChI is InChI=1S/C15H22N2O3/c1-4-15(5-2)13(16)9-14(15)20-12-8-6-7-11(10(12)3)17(18)19/h6-8,13-14H,4-5,9,16H2,1-3H3. The lowest BCUT2D eigenvalue weighted by Gasteiger charge is -2.53. The lowest BCUT2D eigenvalue weighted by Crippen LogP contribution is -2.63. The Morgan fingerprint density at radius 1 is 1.45 bits per heavy atom. The van der Waals surface area contributed by atoms with Gasteiger partial charge in [-0.05, 0) is 25.8 Å². The smallest absolute Gasteiger partial charge is 0.276 e. The van der Waals surface area contributed by atoms with Crippen LogP contribution in [0.4, 0.5) is 5.69 Å². The number of nitrogens with zero attached hydrogens (tertiary/aromatic N) is 1.